The van der Waals surface area contributed by atoms with E-state index in [2.05, 4.69) is 10.3 Å². The highest BCUT2D eigenvalue weighted by Gasteiger charge is 2.25. The first-order chi connectivity index (χ1) is 5.75. The maximum Gasteiger partial charge on any atom is 0.220 e. The van der Waals surface area contributed by atoms with E-state index < -0.39 is 0 Å². The minimum atomic E-state index is 0.0917. The fraction of sp³-hybridized carbons (Fsp3) is 0.500. The Kier molecular flexibility index (Phi) is 1.60. The lowest BCUT2D eigenvalue weighted by molar-refractivity contribution is -0.119. The third-order valence-electron chi connectivity index (χ3n) is 2.02. The molecule has 0 aliphatic carbocycles. The summed E-state index contributed by atoms with van der Waals surface area (Å²) in [5.41, 5.74) is 0. The van der Waals surface area contributed by atoms with Crippen LogP contribution >= 0.6 is 0 Å². The Hall–Kier alpha value is -1.32. The van der Waals surface area contributed by atoms with Crippen LogP contribution in [0.4, 0.5) is 0 Å². The van der Waals surface area contributed by atoms with Gasteiger partial charge >= 0.3 is 0 Å². The van der Waals surface area contributed by atoms with E-state index in [4.69, 9.17) is 4.42 Å². The van der Waals surface area contributed by atoms with Gasteiger partial charge in [0.25, 0.3) is 0 Å². The van der Waals surface area contributed by atoms with Crippen LogP contribution in [-0.4, -0.2) is 17.4 Å². The molecule has 1 N–H and O–H groups in total. The molecule has 0 bridgehead atoms. The smallest absolute Gasteiger partial charge is 0.220 e. The van der Waals surface area contributed by atoms with E-state index in [1.807, 2.05) is 0 Å². The number of rotatable bonds is 1. The second-order valence-corrected chi connectivity index (χ2v) is 2.99. The van der Waals surface area contributed by atoms with E-state index in [0.29, 0.717) is 18.9 Å². The lowest BCUT2D eigenvalue weighted by atomic mass is 10.1. The molecule has 2 heterocycles. The molecule has 12 heavy (non-hydrogen) atoms. The first kappa shape index (κ1) is 7.34. The normalized spacial score (nSPS) is 22.8. The van der Waals surface area contributed by atoms with Crippen molar-refractivity contribution in [3.8, 4) is 0 Å². The van der Waals surface area contributed by atoms with Gasteiger partial charge in [-0.25, -0.2) is 4.98 Å². The number of aromatic nitrogens is 1. The zero-order valence-corrected chi connectivity index (χ0v) is 6.83. The Morgan fingerprint density at radius 1 is 1.75 bits per heavy atom. The number of oxazole rings is 1. The summed E-state index contributed by atoms with van der Waals surface area (Å²) in [5.74, 6) is 1.74. The summed E-state index contributed by atoms with van der Waals surface area (Å²) in [4.78, 5) is 14.8. The van der Waals surface area contributed by atoms with Crippen LogP contribution in [0.1, 0.15) is 24.0 Å². The number of nitrogens with one attached hydrogen (secondary N) is 1. The number of nitrogens with zero attached hydrogens (tertiary/aromatic N) is 1. The Balaban J connectivity index is 2.15. The van der Waals surface area contributed by atoms with Gasteiger partial charge in [0.2, 0.25) is 5.91 Å². The second-order valence-electron chi connectivity index (χ2n) is 2.99. The van der Waals surface area contributed by atoms with Gasteiger partial charge in [0.05, 0.1) is 6.20 Å². The Morgan fingerprint density at radius 2 is 2.58 bits per heavy atom. The summed E-state index contributed by atoms with van der Waals surface area (Å²) in [5, 5.41) is 2.75. The molecule has 4 heteroatoms. The Bertz CT molecular complexity index is 306. The molecule has 1 aliphatic rings. The third-order valence-corrected chi connectivity index (χ3v) is 2.02. The minimum absolute atomic E-state index is 0.0917. The molecule has 0 radical (unpaired) electrons. The summed E-state index contributed by atoms with van der Waals surface area (Å²) in [7, 11) is 0. The van der Waals surface area contributed by atoms with Crippen molar-refractivity contribution in [1.29, 1.82) is 0 Å². The molecule has 2 rings (SSSR count). The molecule has 1 aromatic rings. The van der Waals surface area contributed by atoms with Crippen LogP contribution in [0.2, 0.25) is 0 Å². The lowest BCUT2D eigenvalue weighted by Crippen LogP contribution is -2.13. The Labute approximate surface area is 70.0 Å². The molecule has 1 atom stereocenters. The van der Waals surface area contributed by atoms with Crippen LogP contribution in [0.3, 0.4) is 0 Å². The molecule has 0 unspecified atom stereocenters. The van der Waals surface area contributed by atoms with Crippen molar-refractivity contribution >= 4 is 5.91 Å². The molecule has 1 aliphatic heterocycles. The molecule has 1 aromatic heterocycles. The van der Waals surface area contributed by atoms with E-state index in [1.54, 1.807) is 13.1 Å². The molecule has 0 saturated carbocycles. The van der Waals surface area contributed by atoms with Crippen LogP contribution in [0.25, 0.3) is 0 Å². The van der Waals surface area contributed by atoms with E-state index >= 15 is 0 Å². The molecule has 1 fully saturated rings. The fourth-order valence-corrected chi connectivity index (χ4v) is 1.37. The molecule has 1 saturated heterocycles. The number of hydrogen-bond acceptors (Lipinski definition) is 3. The van der Waals surface area contributed by atoms with Crippen molar-refractivity contribution in [2.45, 2.75) is 19.3 Å². The largest absolute Gasteiger partial charge is 0.446 e. The Morgan fingerprint density at radius 3 is 3.08 bits per heavy atom. The highest BCUT2D eigenvalue weighted by molar-refractivity contribution is 5.79. The van der Waals surface area contributed by atoms with E-state index in [9.17, 15) is 4.79 Å². The molecule has 64 valence electrons. The minimum Gasteiger partial charge on any atom is -0.446 e. The number of amides is 1. The highest BCUT2D eigenvalue weighted by atomic mass is 16.4. The summed E-state index contributed by atoms with van der Waals surface area (Å²) in [6.45, 7) is 2.47. The predicted molar refractivity (Wildman–Crippen MR) is 41.6 cm³/mol. The zero-order valence-electron chi connectivity index (χ0n) is 6.83. The van der Waals surface area contributed by atoms with Gasteiger partial charge in [0, 0.05) is 25.8 Å². The number of hydrogen-bond donors (Lipinski definition) is 1. The lowest BCUT2D eigenvalue weighted by Gasteiger charge is -1.99. The molecule has 1 amide bonds. The number of carbonyl (C=O) groups excluding carboxylic acids is 1. The van der Waals surface area contributed by atoms with Crippen molar-refractivity contribution < 1.29 is 9.21 Å². The predicted octanol–water partition coefficient (Wildman–Crippen LogP) is 0.587. The van der Waals surface area contributed by atoms with Crippen molar-refractivity contribution in [1.82, 2.24) is 10.3 Å². The van der Waals surface area contributed by atoms with Gasteiger partial charge in [-0.05, 0) is 0 Å². The third kappa shape index (κ3) is 1.20. The van der Waals surface area contributed by atoms with Gasteiger partial charge in [0.15, 0.2) is 5.89 Å². The van der Waals surface area contributed by atoms with Crippen LogP contribution in [-0.2, 0) is 4.79 Å². The number of aryl methyl sites for hydroxylation is 1. The van der Waals surface area contributed by atoms with Crippen molar-refractivity contribution in [2.24, 2.45) is 0 Å². The summed E-state index contributed by atoms with van der Waals surface area (Å²) in [6, 6.07) is 0. The number of carbonyl (C=O) groups is 1. The zero-order chi connectivity index (χ0) is 8.55. The van der Waals surface area contributed by atoms with Gasteiger partial charge in [-0.2, -0.15) is 0 Å². The van der Waals surface area contributed by atoms with E-state index in [-0.39, 0.29) is 11.8 Å². The van der Waals surface area contributed by atoms with Gasteiger partial charge in [0.1, 0.15) is 5.76 Å². The quantitative estimate of drug-likeness (QED) is 0.664. The van der Waals surface area contributed by atoms with Gasteiger partial charge in [-0.15, -0.1) is 0 Å². The van der Waals surface area contributed by atoms with Crippen molar-refractivity contribution in [3.05, 3.63) is 17.8 Å². The molecule has 4 nitrogen and oxygen atoms in total. The molecule has 0 spiro atoms. The molecule has 0 aromatic carbocycles. The van der Waals surface area contributed by atoms with Crippen molar-refractivity contribution in [2.75, 3.05) is 6.54 Å². The van der Waals surface area contributed by atoms with E-state index in [0.717, 1.165) is 5.76 Å². The average molecular weight is 166 g/mol. The van der Waals surface area contributed by atoms with Gasteiger partial charge in [-0.1, -0.05) is 0 Å². The van der Waals surface area contributed by atoms with Crippen LogP contribution in [0.5, 0.6) is 0 Å². The standard InChI is InChI=1S/C8H10N2O2/c1-5-9-4-7(12-5)6-2-8(11)10-3-6/h4,6H,2-3H2,1H3,(H,10,11)/t6-/m0/s1. The van der Waals surface area contributed by atoms with E-state index in [1.165, 1.54) is 0 Å². The molecular formula is C8H10N2O2. The summed E-state index contributed by atoms with van der Waals surface area (Å²) >= 11 is 0. The van der Waals surface area contributed by atoms with Crippen LogP contribution < -0.4 is 5.32 Å². The fourth-order valence-electron chi connectivity index (χ4n) is 1.37. The van der Waals surface area contributed by atoms with Crippen molar-refractivity contribution in [3.63, 3.8) is 0 Å². The topological polar surface area (TPSA) is 55.1 Å². The van der Waals surface area contributed by atoms with Gasteiger partial charge < -0.3 is 9.73 Å². The second kappa shape index (κ2) is 2.62. The maximum atomic E-state index is 10.9. The monoisotopic (exact) mass is 166 g/mol. The SMILES string of the molecule is Cc1ncc([C@@H]2CNC(=O)C2)o1. The maximum absolute atomic E-state index is 10.9. The molecular weight excluding hydrogens is 156 g/mol. The summed E-state index contributed by atoms with van der Waals surface area (Å²) in [6.07, 6.45) is 2.22. The highest BCUT2D eigenvalue weighted by Crippen LogP contribution is 2.22. The average Bonchev–Trinajstić information content (AvgIpc) is 2.58. The first-order valence-electron chi connectivity index (χ1n) is 3.95. The van der Waals surface area contributed by atoms with Gasteiger partial charge in [-0.3, -0.25) is 4.79 Å². The summed E-state index contributed by atoms with van der Waals surface area (Å²) < 4.78 is 5.31. The first-order valence-corrected chi connectivity index (χ1v) is 3.95. The van der Waals surface area contributed by atoms with Crippen LogP contribution in [0.15, 0.2) is 10.6 Å². The van der Waals surface area contributed by atoms with Crippen LogP contribution in [0, 0.1) is 6.92 Å².